The SMILES string of the molecule is O=C(O)C(F)(F)F.O=C(O)C(F)(F)F.O=C(O)C(F)(F)F.O=C1NC[C@H](COc2ccccn2)[C@]12CCN(Cc1ccccn1)C2. The van der Waals surface area contributed by atoms with Crippen molar-refractivity contribution >= 4 is 23.8 Å². The molecule has 4 heterocycles. The summed E-state index contributed by atoms with van der Waals surface area (Å²) >= 11 is 0. The zero-order chi connectivity index (χ0) is 35.3. The Morgan fingerprint density at radius 3 is 1.74 bits per heavy atom. The number of aliphatic carboxylic acids is 3. The maximum absolute atomic E-state index is 12.6. The van der Waals surface area contributed by atoms with Gasteiger partial charge < -0.3 is 25.4 Å². The molecule has 1 amide bonds. The summed E-state index contributed by atoms with van der Waals surface area (Å²) in [7, 11) is 0. The van der Waals surface area contributed by atoms with Crippen LogP contribution in [0.1, 0.15) is 12.1 Å². The summed E-state index contributed by atoms with van der Waals surface area (Å²) in [5.74, 6) is -7.34. The average molecular weight is 680 g/mol. The fraction of sp³-hybridized carbons (Fsp3) is 0.440. The molecule has 1 spiro atoms. The fourth-order valence-corrected chi connectivity index (χ4v) is 3.90. The Bertz CT molecular complexity index is 1240. The number of carbonyl (C=O) groups excluding carboxylic acids is 1. The van der Waals surface area contributed by atoms with Crippen molar-refractivity contribution < 1.29 is 78.7 Å². The zero-order valence-electron chi connectivity index (χ0n) is 23.1. The van der Waals surface area contributed by atoms with Gasteiger partial charge in [-0.15, -0.1) is 0 Å². The number of hydrogen-bond acceptors (Lipinski definition) is 8. The Morgan fingerprint density at radius 2 is 1.33 bits per heavy atom. The van der Waals surface area contributed by atoms with Crippen LogP contribution in [0.5, 0.6) is 5.88 Å². The average Bonchev–Trinajstić information content (AvgIpc) is 3.51. The van der Waals surface area contributed by atoms with Crippen LogP contribution in [0.25, 0.3) is 0 Å². The van der Waals surface area contributed by atoms with Gasteiger partial charge in [0, 0.05) is 44.0 Å². The molecule has 4 N–H and O–H groups in total. The molecule has 46 heavy (non-hydrogen) atoms. The first-order valence-electron chi connectivity index (χ1n) is 12.4. The maximum atomic E-state index is 12.6. The molecule has 2 fully saturated rings. The van der Waals surface area contributed by atoms with Crippen LogP contribution in [-0.4, -0.2) is 98.8 Å². The number of amides is 1. The van der Waals surface area contributed by atoms with E-state index >= 15 is 0 Å². The van der Waals surface area contributed by atoms with Gasteiger partial charge in [0.2, 0.25) is 11.8 Å². The first-order valence-corrected chi connectivity index (χ1v) is 12.4. The van der Waals surface area contributed by atoms with E-state index in [0.29, 0.717) is 19.0 Å². The molecule has 2 aromatic rings. The largest absolute Gasteiger partial charge is 0.490 e. The highest BCUT2D eigenvalue weighted by Gasteiger charge is 2.54. The number of pyridine rings is 2. The summed E-state index contributed by atoms with van der Waals surface area (Å²) in [6.07, 6.45) is -10.9. The van der Waals surface area contributed by atoms with Crippen LogP contribution >= 0.6 is 0 Å². The number of carboxylic acids is 3. The zero-order valence-corrected chi connectivity index (χ0v) is 23.1. The van der Waals surface area contributed by atoms with E-state index in [1.54, 1.807) is 6.20 Å². The van der Waals surface area contributed by atoms with E-state index in [-0.39, 0.29) is 17.2 Å². The number of nitrogens with zero attached hydrogens (tertiary/aromatic N) is 3. The Labute approximate surface area is 252 Å². The summed E-state index contributed by atoms with van der Waals surface area (Å²) < 4.78 is 101. The van der Waals surface area contributed by atoms with Crippen molar-refractivity contribution in [1.82, 2.24) is 20.2 Å². The van der Waals surface area contributed by atoms with E-state index in [2.05, 4.69) is 20.2 Å². The van der Waals surface area contributed by atoms with Crippen molar-refractivity contribution in [2.75, 3.05) is 26.2 Å². The lowest BCUT2D eigenvalue weighted by molar-refractivity contribution is -0.193. The van der Waals surface area contributed by atoms with Crippen molar-refractivity contribution in [2.45, 2.75) is 31.5 Å². The van der Waals surface area contributed by atoms with Gasteiger partial charge in [0.1, 0.15) is 0 Å². The molecule has 0 radical (unpaired) electrons. The Kier molecular flexibility index (Phi) is 14.2. The van der Waals surface area contributed by atoms with Gasteiger partial charge in [-0.2, -0.15) is 39.5 Å². The van der Waals surface area contributed by atoms with E-state index in [1.807, 2.05) is 42.6 Å². The Hall–Kier alpha value is -4.69. The van der Waals surface area contributed by atoms with Gasteiger partial charge >= 0.3 is 36.4 Å². The minimum Gasteiger partial charge on any atom is -0.477 e. The van der Waals surface area contributed by atoms with Gasteiger partial charge in [-0.1, -0.05) is 12.1 Å². The number of halogens is 9. The fourth-order valence-electron chi connectivity index (χ4n) is 3.90. The number of aromatic nitrogens is 2. The summed E-state index contributed by atoms with van der Waals surface area (Å²) in [6.45, 7) is 3.62. The number of ether oxygens (including phenoxy) is 1. The predicted octanol–water partition coefficient (Wildman–Crippen LogP) is 3.39. The monoisotopic (exact) mass is 680 g/mol. The molecular weight excluding hydrogens is 655 g/mol. The van der Waals surface area contributed by atoms with Crippen LogP contribution in [-0.2, 0) is 25.7 Å². The van der Waals surface area contributed by atoms with Gasteiger partial charge in [0.25, 0.3) is 0 Å². The second-order valence-corrected chi connectivity index (χ2v) is 9.23. The number of likely N-dealkylation sites (tertiary alicyclic amines) is 1. The molecule has 0 saturated carbocycles. The maximum Gasteiger partial charge on any atom is 0.490 e. The van der Waals surface area contributed by atoms with E-state index in [4.69, 9.17) is 34.4 Å². The van der Waals surface area contributed by atoms with E-state index in [1.165, 1.54) is 0 Å². The second kappa shape index (κ2) is 16.6. The van der Waals surface area contributed by atoms with Crippen molar-refractivity contribution in [2.24, 2.45) is 11.3 Å². The molecule has 256 valence electrons. The van der Waals surface area contributed by atoms with Gasteiger partial charge in [-0.3, -0.25) is 14.7 Å². The normalized spacial score (nSPS) is 19.3. The molecule has 21 heteroatoms. The summed E-state index contributed by atoms with van der Waals surface area (Å²) in [5.41, 5.74) is 0.683. The third-order valence-electron chi connectivity index (χ3n) is 6.03. The van der Waals surface area contributed by atoms with Crippen LogP contribution in [0, 0.1) is 11.3 Å². The minimum atomic E-state index is -5.08. The number of carbonyl (C=O) groups is 4. The number of rotatable bonds is 5. The Balaban J connectivity index is 0.000000413. The van der Waals surface area contributed by atoms with E-state index in [9.17, 15) is 44.3 Å². The van der Waals surface area contributed by atoms with Crippen molar-refractivity contribution in [3.05, 3.63) is 54.5 Å². The van der Waals surface area contributed by atoms with E-state index < -0.39 is 36.4 Å². The third kappa shape index (κ3) is 13.1. The highest BCUT2D eigenvalue weighted by molar-refractivity contribution is 5.86. The van der Waals surface area contributed by atoms with Gasteiger partial charge in [0.15, 0.2) is 0 Å². The van der Waals surface area contributed by atoms with Crippen LogP contribution in [0.15, 0.2) is 48.8 Å². The van der Waals surface area contributed by atoms with Crippen LogP contribution in [0.4, 0.5) is 39.5 Å². The van der Waals surface area contributed by atoms with Crippen molar-refractivity contribution in [1.29, 1.82) is 0 Å². The lowest BCUT2D eigenvalue weighted by Crippen LogP contribution is -2.40. The summed E-state index contributed by atoms with van der Waals surface area (Å²) in [5, 5.41) is 24.4. The van der Waals surface area contributed by atoms with Gasteiger partial charge in [0.05, 0.1) is 17.7 Å². The molecule has 0 unspecified atom stereocenters. The highest BCUT2D eigenvalue weighted by Crippen LogP contribution is 2.42. The third-order valence-corrected chi connectivity index (χ3v) is 6.03. The molecule has 2 atom stereocenters. The molecule has 12 nitrogen and oxygen atoms in total. The highest BCUT2D eigenvalue weighted by atomic mass is 19.4. The van der Waals surface area contributed by atoms with Crippen LogP contribution in [0.2, 0.25) is 0 Å². The van der Waals surface area contributed by atoms with Crippen LogP contribution < -0.4 is 10.1 Å². The quantitative estimate of drug-likeness (QED) is 0.340. The van der Waals surface area contributed by atoms with Gasteiger partial charge in [-0.05, 0) is 31.2 Å². The second-order valence-electron chi connectivity index (χ2n) is 9.23. The predicted molar refractivity (Wildman–Crippen MR) is 134 cm³/mol. The standard InChI is InChI=1S/C19H22N4O2.3C2HF3O2/c24-18-19(7-10-23(14-19)12-16-5-1-3-8-20-16)15(11-22-18)13-25-17-6-2-4-9-21-17;3*3-2(4,5)1(6)7/h1-6,8-9,15H,7,10-14H2,(H,22,24);3*(H,6,7)/t15-,19-;;;/m1.../s1. The lowest BCUT2D eigenvalue weighted by atomic mass is 9.77. The minimum absolute atomic E-state index is 0.158. The number of nitrogens with one attached hydrogen (secondary N) is 1. The summed E-state index contributed by atoms with van der Waals surface area (Å²) in [6, 6.07) is 11.6. The topological polar surface area (TPSA) is 179 Å². The van der Waals surface area contributed by atoms with E-state index in [0.717, 1.165) is 31.7 Å². The van der Waals surface area contributed by atoms with Crippen molar-refractivity contribution in [3.8, 4) is 5.88 Å². The molecule has 2 aliphatic rings. The first kappa shape index (κ1) is 39.3. The molecule has 4 rings (SSSR count). The molecular formula is C25H25F9N4O8. The number of alkyl halides is 9. The first-order chi connectivity index (χ1) is 21.1. The lowest BCUT2D eigenvalue weighted by Gasteiger charge is -2.28. The molecule has 2 aliphatic heterocycles. The molecule has 0 aromatic carbocycles. The molecule has 0 aliphatic carbocycles. The van der Waals surface area contributed by atoms with Gasteiger partial charge in [-0.25, -0.2) is 19.4 Å². The summed E-state index contributed by atoms with van der Waals surface area (Å²) in [4.78, 5) is 50.2. The van der Waals surface area contributed by atoms with Crippen molar-refractivity contribution in [3.63, 3.8) is 0 Å². The molecule has 2 saturated heterocycles. The molecule has 0 bridgehead atoms. The number of hydrogen-bond donors (Lipinski definition) is 4. The Morgan fingerprint density at radius 1 is 0.848 bits per heavy atom. The smallest absolute Gasteiger partial charge is 0.477 e. The number of carboxylic acid groups (broad SMARTS) is 3. The van der Waals surface area contributed by atoms with Crippen LogP contribution in [0.3, 0.4) is 0 Å². The molecule has 2 aromatic heterocycles.